The molecule has 2 aliphatic rings. The van der Waals surface area contributed by atoms with E-state index in [-0.39, 0.29) is 36.6 Å². The van der Waals surface area contributed by atoms with Crippen molar-refractivity contribution in [2.75, 3.05) is 11.9 Å². The second kappa shape index (κ2) is 8.60. The maximum absolute atomic E-state index is 12.9. The van der Waals surface area contributed by atoms with Gasteiger partial charge in [-0.05, 0) is 6.42 Å². The first-order chi connectivity index (χ1) is 14.4. The van der Waals surface area contributed by atoms with E-state index in [2.05, 4.69) is 22.2 Å². The van der Waals surface area contributed by atoms with Crippen molar-refractivity contribution >= 4 is 17.1 Å². The third kappa shape index (κ3) is 3.71. The summed E-state index contributed by atoms with van der Waals surface area (Å²) < 4.78 is 8.36. The SMILES string of the molecule is CCCCC[C@@H](O)[C@@H]1C[C@@H](O)n2c(nc3c(ncn3[C@H]3C[C@H](O)[C@@H](CO)O3)c2=O)N1. The van der Waals surface area contributed by atoms with Gasteiger partial charge in [0, 0.05) is 12.8 Å². The van der Waals surface area contributed by atoms with Gasteiger partial charge in [-0.25, -0.2) is 9.55 Å². The maximum atomic E-state index is 12.9. The van der Waals surface area contributed by atoms with E-state index in [9.17, 15) is 25.2 Å². The van der Waals surface area contributed by atoms with Gasteiger partial charge in [-0.3, -0.25) is 9.36 Å². The van der Waals surface area contributed by atoms with Crippen LogP contribution < -0.4 is 10.9 Å². The lowest BCUT2D eigenvalue weighted by Gasteiger charge is -2.33. The van der Waals surface area contributed by atoms with Gasteiger partial charge in [0.1, 0.15) is 18.6 Å². The number of nitrogens with one attached hydrogen (secondary N) is 1. The van der Waals surface area contributed by atoms with E-state index in [1.165, 1.54) is 6.33 Å². The second-order valence-corrected chi connectivity index (χ2v) is 8.08. The lowest BCUT2D eigenvalue weighted by Crippen LogP contribution is -2.44. The number of aliphatic hydroxyl groups is 4. The topological polar surface area (TPSA) is 155 Å². The summed E-state index contributed by atoms with van der Waals surface area (Å²) in [7, 11) is 0. The molecule has 6 atom stereocenters. The van der Waals surface area contributed by atoms with Crippen LogP contribution >= 0.6 is 0 Å². The first kappa shape index (κ1) is 21.2. The fraction of sp³-hybridized carbons (Fsp3) is 0.737. The predicted molar refractivity (Wildman–Crippen MR) is 107 cm³/mol. The number of nitrogens with zero attached hydrogens (tertiary/aromatic N) is 4. The molecule has 30 heavy (non-hydrogen) atoms. The van der Waals surface area contributed by atoms with E-state index in [1.54, 1.807) is 4.57 Å². The molecule has 0 unspecified atom stereocenters. The summed E-state index contributed by atoms with van der Waals surface area (Å²) >= 11 is 0. The minimum atomic E-state index is -1.12. The summed E-state index contributed by atoms with van der Waals surface area (Å²) in [6.07, 6.45) is 1.40. The van der Waals surface area contributed by atoms with Crippen LogP contribution in [-0.4, -0.2) is 70.5 Å². The molecular formula is C19H29N5O6. The van der Waals surface area contributed by atoms with Gasteiger partial charge in [0.15, 0.2) is 11.2 Å². The fourth-order valence-electron chi connectivity index (χ4n) is 4.24. The van der Waals surface area contributed by atoms with Gasteiger partial charge in [-0.2, -0.15) is 4.98 Å². The Morgan fingerprint density at radius 2 is 2.13 bits per heavy atom. The van der Waals surface area contributed by atoms with Crippen molar-refractivity contribution in [1.29, 1.82) is 0 Å². The summed E-state index contributed by atoms with van der Waals surface area (Å²) in [5, 5.41) is 43.5. The molecule has 0 aromatic carbocycles. The van der Waals surface area contributed by atoms with Crippen LogP contribution in [0.15, 0.2) is 11.1 Å². The molecule has 0 amide bonds. The van der Waals surface area contributed by atoms with Crippen LogP contribution in [0.4, 0.5) is 5.95 Å². The highest BCUT2D eigenvalue weighted by Gasteiger charge is 2.37. The molecule has 166 valence electrons. The van der Waals surface area contributed by atoms with Crippen molar-refractivity contribution in [3.05, 3.63) is 16.7 Å². The van der Waals surface area contributed by atoms with Crippen LogP contribution in [0.1, 0.15) is 57.9 Å². The molecule has 0 radical (unpaired) electrons. The summed E-state index contributed by atoms with van der Waals surface area (Å²) in [4.78, 5) is 21.6. The summed E-state index contributed by atoms with van der Waals surface area (Å²) in [6, 6.07) is -0.430. The zero-order chi connectivity index (χ0) is 21.4. The van der Waals surface area contributed by atoms with E-state index in [4.69, 9.17) is 4.74 Å². The van der Waals surface area contributed by atoms with Gasteiger partial charge >= 0.3 is 0 Å². The Kier molecular flexibility index (Phi) is 6.07. The molecule has 2 aromatic heterocycles. The van der Waals surface area contributed by atoms with Crippen LogP contribution in [0.3, 0.4) is 0 Å². The third-order valence-electron chi connectivity index (χ3n) is 5.97. The standard InChI is InChI=1S/C19H29N5O6/c1-2-3-4-5-11(26)10-6-14(28)24-18(29)16-17(22-19(24)21-10)23(9-20-16)15-7-12(27)13(8-25)30-15/h9-15,25-28H,2-8H2,1H3,(H,21,22)/t10-,11+,12-,13+,14+,15+/m0/s1. The lowest BCUT2D eigenvalue weighted by atomic mass is 9.99. The number of hydrogen-bond donors (Lipinski definition) is 5. The van der Waals surface area contributed by atoms with Gasteiger partial charge in [-0.15, -0.1) is 0 Å². The number of unbranched alkanes of at least 4 members (excludes halogenated alkanes) is 2. The van der Waals surface area contributed by atoms with Crippen molar-refractivity contribution in [1.82, 2.24) is 19.1 Å². The number of anilines is 1. The number of aromatic nitrogens is 4. The number of imidazole rings is 1. The molecule has 1 saturated heterocycles. The average Bonchev–Trinajstić information content (AvgIpc) is 3.30. The zero-order valence-electron chi connectivity index (χ0n) is 16.9. The van der Waals surface area contributed by atoms with Crippen molar-refractivity contribution in [3.63, 3.8) is 0 Å². The molecule has 4 heterocycles. The van der Waals surface area contributed by atoms with E-state index in [0.29, 0.717) is 6.42 Å². The fourth-order valence-corrected chi connectivity index (χ4v) is 4.24. The second-order valence-electron chi connectivity index (χ2n) is 8.08. The van der Waals surface area contributed by atoms with Crippen LogP contribution in [0.25, 0.3) is 11.2 Å². The summed E-state index contributed by atoms with van der Waals surface area (Å²) in [5.41, 5.74) is -0.167. The smallest absolute Gasteiger partial charge is 0.285 e. The molecule has 11 nitrogen and oxygen atoms in total. The van der Waals surface area contributed by atoms with Gasteiger partial charge in [0.2, 0.25) is 5.95 Å². The highest BCUT2D eigenvalue weighted by Crippen LogP contribution is 2.32. The van der Waals surface area contributed by atoms with Crippen LogP contribution in [0.2, 0.25) is 0 Å². The first-order valence-corrected chi connectivity index (χ1v) is 10.5. The first-order valence-electron chi connectivity index (χ1n) is 10.5. The summed E-state index contributed by atoms with van der Waals surface area (Å²) in [5.74, 6) is 0.157. The molecule has 0 saturated carbocycles. The van der Waals surface area contributed by atoms with E-state index < -0.39 is 42.4 Å². The lowest BCUT2D eigenvalue weighted by molar-refractivity contribution is -0.0432. The molecule has 2 aliphatic heterocycles. The number of ether oxygens (including phenoxy) is 1. The Labute approximate surface area is 173 Å². The van der Waals surface area contributed by atoms with Crippen molar-refractivity contribution in [2.24, 2.45) is 0 Å². The zero-order valence-corrected chi connectivity index (χ0v) is 16.9. The molecule has 0 spiro atoms. The number of hydrogen-bond acceptors (Lipinski definition) is 9. The Morgan fingerprint density at radius 1 is 1.33 bits per heavy atom. The molecule has 5 N–H and O–H groups in total. The van der Waals surface area contributed by atoms with Gasteiger partial charge in [0.05, 0.1) is 31.2 Å². The Balaban J connectivity index is 1.65. The number of fused-ring (bicyclic) bond motifs is 2. The molecule has 0 bridgehead atoms. The van der Waals surface area contributed by atoms with Gasteiger partial charge < -0.3 is 30.5 Å². The van der Waals surface area contributed by atoms with E-state index >= 15 is 0 Å². The molecule has 4 rings (SSSR count). The predicted octanol–water partition coefficient (Wildman–Crippen LogP) is -0.150. The van der Waals surface area contributed by atoms with Crippen molar-refractivity contribution in [2.45, 2.75) is 82.3 Å². The number of aliphatic hydroxyl groups excluding tert-OH is 4. The monoisotopic (exact) mass is 423 g/mol. The molecule has 1 fully saturated rings. The van der Waals surface area contributed by atoms with Crippen LogP contribution in [-0.2, 0) is 4.74 Å². The van der Waals surface area contributed by atoms with Crippen molar-refractivity contribution in [3.8, 4) is 0 Å². The quantitative estimate of drug-likeness (QED) is 0.382. The average molecular weight is 423 g/mol. The van der Waals surface area contributed by atoms with Crippen LogP contribution in [0, 0.1) is 0 Å². The molecule has 11 heteroatoms. The molecule has 2 aromatic rings. The number of rotatable bonds is 7. The summed E-state index contributed by atoms with van der Waals surface area (Å²) in [6.45, 7) is 1.77. The minimum Gasteiger partial charge on any atom is -0.394 e. The Hall–Kier alpha value is -2.05. The molecule has 0 aliphatic carbocycles. The van der Waals surface area contributed by atoms with Crippen LogP contribution in [0.5, 0.6) is 0 Å². The third-order valence-corrected chi connectivity index (χ3v) is 5.97. The Bertz CT molecular complexity index is 945. The highest BCUT2D eigenvalue weighted by molar-refractivity contribution is 5.71. The highest BCUT2D eigenvalue weighted by atomic mass is 16.5. The van der Waals surface area contributed by atoms with E-state index in [0.717, 1.165) is 23.8 Å². The maximum Gasteiger partial charge on any atom is 0.285 e. The minimum absolute atomic E-state index is 0.0760. The molecular weight excluding hydrogens is 394 g/mol. The van der Waals surface area contributed by atoms with Crippen molar-refractivity contribution < 1.29 is 25.2 Å². The Morgan fingerprint density at radius 3 is 2.83 bits per heavy atom. The van der Waals surface area contributed by atoms with E-state index in [1.807, 2.05) is 0 Å². The normalized spacial score (nSPS) is 29.7. The largest absolute Gasteiger partial charge is 0.394 e. The van der Waals surface area contributed by atoms with Gasteiger partial charge in [-0.1, -0.05) is 26.2 Å². The van der Waals surface area contributed by atoms with Gasteiger partial charge in [0.25, 0.3) is 5.56 Å².